The SMILES string of the molecule is CC(C)(C(=O)NCCCc1nc(-c2ccncc2)cs1)c1cccc(Br)c1. The lowest BCUT2D eigenvalue weighted by atomic mass is 9.84. The molecule has 27 heavy (non-hydrogen) atoms. The molecule has 0 saturated heterocycles. The summed E-state index contributed by atoms with van der Waals surface area (Å²) in [4.78, 5) is 21.3. The van der Waals surface area contributed by atoms with Crippen LogP contribution in [0, 0.1) is 0 Å². The fourth-order valence-corrected chi connectivity index (χ4v) is 4.00. The third-order valence-electron chi connectivity index (χ3n) is 4.49. The highest BCUT2D eigenvalue weighted by Crippen LogP contribution is 2.26. The van der Waals surface area contributed by atoms with Crippen LogP contribution in [-0.2, 0) is 16.6 Å². The lowest BCUT2D eigenvalue weighted by molar-refractivity contribution is -0.125. The van der Waals surface area contributed by atoms with Gasteiger partial charge in [0.1, 0.15) is 0 Å². The Balaban J connectivity index is 1.50. The van der Waals surface area contributed by atoms with Crippen LogP contribution in [0.4, 0.5) is 0 Å². The molecule has 4 nitrogen and oxygen atoms in total. The van der Waals surface area contributed by atoms with Crippen molar-refractivity contribution in [1.82, 2.24) is 15.3 Å². The molecule has 0 radical (unpaired) electrons. The van der Waals surface area contributed by atoms with E-state index in [4.69, 9.17) is 0 Å². The first-order chi connectivity index (χ1) is 13.0. The molecule has 0 fully saturated rings. The van der Waals surface area contributed by atoms with Gasteiger partial charge in [0.25, 0.3) is 0 Å². The molecule has 3 aromatic rings. The monoisotopic (exact) mass is 443 g/mol. The zero-order chi connectivity index (χ0) is 19.3. The Morgan fingerprint density at radius 3 is 2.74 bits per heavy atom. The second-order valence-corrected chi connectivity index (χ2v) is 8.72. The van der Waals surface area contributed by atoms with Crippen molar-refractivity contribution >= 4 is 33.2 Å². The number of aromatic nitrogens is 2. The van der Waals surface area contributed by atoms with E-state index in [0.29, 0.717) is 6.54 Å². The minimum absolute atomic E-state index is 0.0391. The number of nitrogens with zero attached hydrogens (tertiary/aromatic N) is 2. The molecule has 140 valence electrons. The third kappa shape index (κ3) is 5.02. The Labute approximate surface area is 172 Å². The van der Waals surface area contributed by atoms with Gasteiger partial charge in [-0.1, -0.05) is 28.1 Å². The van der Waals surface area contributed by atoms with Crippen LogP contribution in [0.2, 0.25) is 0 Å². The fourth-order valence-electron chi connectivity index (χ4n) is 2.75. The van der Waals surface area contributed by atoms with E-state index in [-0.39, 0.29) is 5.91 Å². The molecule has 3 rings (SSSR count). The first-order valence-electron chi connectivity index (χ1n) is 8.86. The summed E-state index contributed by atoms with van der Waals surface area (Å²) in [6, 6.07) is 11.8. The number of halogens is 1. The van der Waals surface area contributed by atoms with E-state index < -0.39 is 5.41 Å². The Bertz CT molecular complexity index is 909. The second-order valence-electron chi connectivity index (χ2n) is 6.86. The maximum absolute atomic E-state index is 12.6. The molecule has 0 aliphatic rings. The van der Waals surface area contributed by atoms with E-state index in [1.807, 2.05) is 50.2 Å². The van der Waals surface area contributed by atoms with Crippen LogP contribution in [0.1, 0.15) is 30.8 Å². The number of benzene rings is 1. The first kappa shape index (κ1) is 19.7. The molecule has 0 atom stereocenters. The zero-order valence-electron chi connectivity index (χ0n) is 15.4. The van der Waals surface area contributed by atoms with Crippen molar-refractivity contribution in [2.45, 2.75) is 32.1 Å². The molecule has 1 amide bonds. The topological polar surface area (TPSA) is 54.9 Å². The van der Waals surface area contributed by atoms with Gasteiger partial charge >= 0.3 is 0 Å². The van der Waals surface area contributed by atoms with Gasteiger partial charge in [-0.05, 0) is 50.1 Å². The Morgan fingerprint density at radius 1 is 1.22 bits per heavy atom. The van der Waals surface area contributed by atoms with Crippen molar-refractivity contribution in [2.24, 2.45) is 0 Å². The van der Waals surface area contributed by atoms with Gasteiger partial charge in [0, 0.05) is 40.8 Å². The van der Waals surface area contributed by atoms with Gasteiger partial charge in [-0.3, -0.25) is 9.78 Å². The first-order valence-corrected chi connectivity index (χ1v) is 10.5. The molecule has 0 aliphatic heterocycles. The summed E-state index contributed by atoms with van der Waals surface area (Å²) in [5.41, 5.74) is 2.49. The fraction of sp³-hybridized carbons (Fsp3) is 0.286. The summed E-state index contributed by atoms with van der Waals surface area (Å²) in [7, 11) is 0. The smallest absolute Gasteiger partial charge is 0.230 e. The van der Waals surface area contributed by atoms with E-state index in [1.165, 1.54) is 0 Å². The van der Waals surface area contributed by atoms with Crippen molar-refractivity contribution < 1.29 is 4.79 Å². The Morgan fingerprint density at radius 2 is 2.00 bits per heavy atom. The molecular weight excluding hydrogens is 422 g/mol. The van der Waals surface area contributed by atoms with E-state index in [2.05, 4.69) is 36.6 Å². The van der Waals surface area contributed by atoms with Crippen LogP contribution >= 0.6 is 27.3 Å². The second kappa shape index (κ2) is 8.76. The summed E-state index contributed by atoms with van der Waals surface area (Å²) >= 11 is 5.13. The third-order valence-corrected chi connectivity index (χ3v) is 5.90. The number of hydrogen-bond acceptors (Lipinski definition) is 4. The number of pyridine rings is 1. The molecule has 0 saturated carbocycles. The van der Waals surface area contributed by atoms with Gasteiger partial charge in [-0.25, -0.2) is 4.98 Å². The number of hydrogen-bond donors (Lipinski definition) is 1. The quantitative estimate of drug-likeness (QED) is 0.522. The highest BCUT2D eigenvalue weighted by atomic mass is 79.9. The number of thiazole rings is 1. The van der Waals surface area contributed by atoms with Crippen LogP contribution in [0.15, 0.2) is 58.6 Å². The van der Waals surface area contributed by atoms with Crippen molar-refractivity contribution in [3.05, 3.63) is 69.2 Å². The van der Waals surface area contributed by atoms with Crippen LogP contribution in [0.5, 0.6) is 0 Å². The van der Waals surface area contributed by atoms with Crippen LogP contribution in [0.3, 0.4) is 0 Å². The van der Waals surface area contributed by atoms with Gasteiger partial charge in [-0.2, -0.15) is 0 Å². The number of nitrogens with one attached hydrogen (secondary N) is 1. The summed E-state index contributed by atoms with van der Waals surface area (Å²) in [6.45, 7) is 4.54. The summed E-state index contributed by atoms with van der Waals surface area (Å²) in [6.07, 6.45) is 5.27. The molecule has 0 bridgehead atoms. The zero-order valence-corrected chi connectivity index (χ0v) is 17.8. The molecule has 0 aliphatic carbocycles. The van der Waals surface area contributed by atoms with Gasteiger partial charge in [0.15, 0.2) is 0 Å². The van der Waals surface area contributed by atoms with E-state index >= 15 is 0 Å². The van der Waals surface area contributed by atoms with Crippen molar-refractivity contribution in [1.29, 1.82) is 0 Å². The molecule has 1 N–H and O–H groups in total. The largest absolute Gasteiger partial charge is 0.355 e. The maximum atomic E-state index is 12.6. The van der Waals surface area contributed by atoms with E-state index in [0.717, 1.165) is 39.1 Å². The predicted molar refractivity (Wildman–Crippen MR) is 114 cm³/mol. The summed E-state index contributed by atoms with van der Waals surface area (Å²) in [5, 5.41) is 6.22. The van der Waals surface area contributed by atoms with Crippen molar-refractivity contribution in [2.75, 3.05) is 6.54 Å². The molecule has 2 heterocycles. The normalized spacial score (nSPS) is 11.4. The minimum Gasteiger partial charge on any atom is -0.355 e. The van der Waals surface area contributed by atoms with Crippen LogP contribution in [0.25, 0.3) is 11.3 Å². The molecule has 1 aromatic carbocycles. The van der Waals surface area contributed by atoms with Gasteiger partial charge in [0.05, 0.1) is 16.1 Å². The van der Waals surface area contributed by atoms with E-state index in [9.17, 15) is 4.79 Å². The Kier molecular flexibility index (Phi) is 6.39. The van der Waals surface area contributed by atoms with Gasteiger partial charge in [-0.15, -0.1) is 11.3 Å². The average molecular weight is 444 g/mol. The van der Waals surface area contributed by atoms with Gasteiger partial charge in [0.2, 0.25) is 5.91 Å². The number of amides is 1. The minimum atomic E-state index is -0.570. The number of rotatable bonds is 7. The molecule has 0 spiro atoms. The average Bonchev–Trinajstić information content (AvgIpc) is 3.14. The van der Waals surface area contributed by atoms with Crippen LogP contribution < -0.4 is 5.32 Å². The molecule has 2 aromatic heterocycles. The molecule has 0 unspecified atom stereocenters. The molecular formula is C21H22BrN3OS. The molecule has 6 heteroatoms. The Hall–Kier alpha value is -2.05. The summed E-state index contributed by atoms with van der Waals surface area (Å²) < 4.78 is 0.981. The van der Waals surface area contributed by atoms with E-state index in [1.54, 1.807) is 23.7 Å². The van der Waals surface area contributed by atoms with Crippen LogP contribution in [-0.4, -0.2) is 22.4 Å². The standard InChI is InChI=1S/C21H22BrN3OS/c1-21(2,16-5-3-6-17(22)13-16)20(26)24-10-4-7-19-25-18(14-27-19)15-8-11-23-12-9-15/h3,5-6,8-9,11-14H,4,7,10H2,1-2H3,(H,24,26). The highest BCUT2D eigenvalue weighted by molar-refractivity contribution is 9.10. The van der Waals surface area contributed by atoms with Gasteiger partial charge < -0.3 is 5.32 Å². The van der Waals surface area contributed by atoms with Crippen molar-refractivity contribution in [3.8, 4) is 11.3 Å². The number of carbonyl (C=O) groups excluding carboxylic acids is 1. The lowest BCUT2D eigenvalue weighted by Gasteiger charge is -2.24. The summed E-state index contributed by atoms with van der Waals surface area (Å²) in [5.74, 6) is 0.0391. The number of carbonyl (C=O) groups is 1. The number of aryl methyl sites for hydroxylation is 1. The highest BCUT2D eigenvalue weighted by Gasteiger charge is 2.29. The van der Waals surface area contributed by atoms with Crippen molar-refractivity contribution in [3.63, 3.8) is 0 Å². The lowest BCUT2D eigenvalue weighted by Crippen LogP contribution is -2.40. The maximum Gasteiger partial charge on any atom is 0.230 e. The predicted octanol–water partition coefficient (Wildman–Crippen LogP) is 4.99.